The van der Waals surface area contributed by atoms with Crippen LogP contribution in [-0.2, 0) is 43.1 Å². The number of rotatable bonds is 9. The minimum Gasteiger partial charge on any atom is -0.393 e. The minimum atomic E-state index is -3.81. The van der Waals surface area contributed by atoms with E-state index in [1.54, 1.807) is 0 Å². The van der Waals surface area contributed by atoms with Gasteiger partial charge in [0.1, 0.15) is 0 Å². The van der Waals surface area contributed by atoms with E-state index in [2.05, 4.69) is 37.5 Å². The van der Waals surface area contributed by atoms with Crippen LogP contribution in [0.5, 0.6) is 0 Å². The Hall–Kier alpha value is 1.64. The van der Waals surface area contributed by atoms with Crippen LogP contribution in [0.3, 0.4) is 0 Å². The molecule has 0 spiro atoms. The first-order valence-electron chi connectivity index (χ1n) is 7.55. The van der Waals surface area contributed by atoms with Gasteiger partial charge in [0, 0.05) is 19.5 Å². The standard InChI is InChI=1S/C12H26O.2H3O3PS.Zn/c1-3-5-7-8-9-11-12(13)10-6-4-2;2*1-4(2,3)5;/h12-13H,3-11H2,1-2H3;2*(H3,1,2,3,5);. The van der Waals surface area contributed by atoms with Gasteiger partial charge in [0.2, 0.25) is 0 Å². The number of hydrogen-bond donors (Lipinski definition) is 7. The van der Waals surface area contributed by atoms with Gasteiger partial charge in [-0.1, -0.05) is 58.8 Å². The average Bonchev–Trinajstić information content (AvgIpc) is 2.32. The summed E-state index contributed by atoms with van der Waals surface area (Å²) in [4.78, 5) is 45.3. The van der Waals surface area contributed by atoms with Gasteiger partial charge in [-0.2, -0.15) is 0 Å². The van der Waals surface area contributed by atoms with E-state index in [-0.39, 0.29) is 25.6 Å². The van der Waals surface area contributed by atoms with Crippen molar-refractivity contribution >= 4 is 37.1 Å². The predicted molar refractivity (Wildman–Crippen MR) is 101 cm³/mol. The Morgan fingerprint density at radius 3 is 1.29 bits per heavy atom. The average molecular weight is 480 g/mol. The van der Waals surface area contributed by atoms with Crippen molar-refractivity contribution in [1.29, 1.82) is 0 Å². The van der Waals surface area contributed by atoms with Gasteiger partial charge in [-0.3, -0.25) is 0 Å². The van der Waals surface area contributed by atoms with Gasteiger partial charge in [-0.05, 0) is 36.5 Å². The van der Waals surface area contributed by atoms with Crippen LogP contribution in [-0.4, -0.2) is 40.6 Å². The fourth-order valence-corrected chi connectivity index (χ4v) is 1.57. The summed E-state index contributed by atoms with van der Waals surface area (Å²) in [6.45, 7) is -3.20. The first-order valence-corrected chi connectivity index (χ1v) is 12.9. The Bertz CT molecular complexity index is 303. The van der Waals surface area contributed by atoms with E-state index in [1.807, 2.05) is 0 Å². The molecule has 24 heavy (non-hydrogen) atoms. The summed E-state index contributed by atoms with van der Waals surface area (Å²) in [5, 5.41) is 9.54. The van der Waals surface area contributed by atoms with Gasteiger partial charge in [-0.25, -0.2) is 0 Å². The Balaban J connectivity index is -0.000000151. The van der Waals surface area contributed by atoms with Crippen LogP contribution in [0.2, 0.25) is 0 Å². The Morgan fingerprint density at radius 2 is 0.958 bits per heavy atom. The van der Waals surface area contributed by atoms with Crippen molar-refractivity contribution < 1.29 is 53.9 Å². The SMILES string of the molecule is CCCCCCCC(O)CCCC.OP(O)(O)=S.OP(O)(O)=S.[Zn]. The molecule has 0 aliphatic carbocycles. The molecule has 1 atom stereocenters. The van der Waals surface area contributed by atoms with Gasteiger partial charge in [-0.15, -0.1) is 0 Å². The van der Waals surface area contributed by atoms with E-state index in [9.17, 15) is 5.11 Å². The van der Waals surface area contributed by atoms with E-state index < -0.39 is 13.4 Å². The second kappa shape index (κ2) is 20.9. The second-order valence-corrected chi connectivity index (χ2v) is 10.0. The molecule has 0 bridgehead atoms. The molecule has 0 aliphatic rings. The number of aliphatic hydroxyl groups is 1. The molecule has 0 saturated carbocycles. The van der Waals surface area contributed by atoms with E-state index in [4.69, 9.17) is 29.4 Å². The van der Waals surface area contributed by atoms with Crippen molar-refractivity contribution in [2.24, 2.45) is 0 Å². The van der Waals surface area contributed by atoms with Crippen molar-refractivity contribution in [3.63, 3.8) is 0 Å². The van der Waals surface area contributed by atoms with Gasteiger partial charge in [0.05, 0.1) is 6.10 Å². The Labute approximate surface area is 168 Å². The Kier molecular flexibility index (Phi) is 29.0. The van der Waals surface area contributed by atoms with Crippen LogP contribution in [0.1, 0.15) is 71.6 Å². The molecule has 146 valence electrons. The van der Waals surface area contributed by atoms with E-state index in [0.717, 1.165) is 12.8 Å². The molecule has 7 nitrogen and oxygen atoms in total. The molecule has 0 aromatic rings. The quantitative estimate of drug-likeness (QED) is 0.151. The first-order chi connectivity index (χ1) is 10.3. The molecule has 0 rings (SSSR count). The minimum absolute atomic E-state index is 0. The van der Waals surface area contributed by atoms with Crippen molar-refractivity contribution in [3.8, 4) is 0 Å². The third-order valence-electron chi connectivity index (χ3n) is 2.53. The largest absolute Gasteiger partial charge is 0.393 e. The van der Waals surface area contributed by atoms with E-state index in [0.29, 0.717) is 0 Å². The fourth-order valence-electron chi connectivity index (χ4n) is 1.57. The zero-order chi connectivity index (χ0) is 18.9. The maximum Gasteiger partial charge on any atom is 0.319 e. The number of unbranched alkanes of at least 4 members (excludes halogenated alkanes) is 5. The molecule has 0 amide bonds. The van der Waals surface area contributed by atoms with Crippen molar-refractivity contribution in [1.82, 2.24) is 0 Å². The molecule has 1 unspecified atom stereocenters. The second-order valence-electron chi connectivity index (χ2n) is 5.03. The van der Waals surface area contributed by atoms with Gasteiger partial charge < -0.3 is 34.5 Å². The van der Waals surface area contributed by atoms with Crippen LogP contribution >= 0.6 is 13.4 Å². The topological polar surface area (TPSA) is 142 Å². The predicted octanol–water partition coefficient (Wildman–Crippen LogP) is 2.27. The fraction of sp³-hybridized carbons (Fsp3) is 1.00. The zero-order valence-electron chi connectivity index (χ0n) is 14.5. The molecule has 0 heterocycles. The smallest absolute Gasteiger partial charge is 0.319 e. The van der Waals surface area contributed by atoms with Gasteiger partial charge in [0.25, 0.3) is 0 Å². The number of hydrogen-bond acceptors (Lipinski definition) is 3. The summed E-state index contributed by atoms with van der Waals surface area (Å²) in [7, 11) is 0. The van der Waals surface area contributed by atoms with Gasteiger partial charge >= 0.3 is 13.4 Å². The van der Waals surface area contributed by atoms with Gasteiger partial charge in [0.15, 0.2) is 0 Å². The molecular weight excluding hydrogens is 448 g/mol. The van der Waals surface area contributed by atoms with Crippen LogP contribution in [0, 0.1) is 0 Å². The zero-order valence-corrected chi connectivity index (χ0v) is 20.9. The molecule has 0 aromatic heterocycles. The summed E-state index contributed by atoms with van der Waals surface area (Å²) in [6, 6.07) is 0. The van der Waals surface area contributed by atoms with Crippen LogP contribution in [0.4, 0.5) is 0 Å². The summed E-state index contributed by atoms with van der Waals surface area (Å²) in [6.07, 6.45) is 10.9. The van der Waals surface area contributed by atoms with Crippen LogP contribution in [0.15, 0.2) is 0 Å². The van der Waals surface area contributed by atoms with Crippen molar-refractivity contribution in [2.75, 3.05) is 0 Å². The molecule has 12 heteroatoms. The molecule has 7 N–H and O–H groups in total. The molecule has 0 aromatic carbocycles. The van der Waals surface area contributed by atoms with Crippen LogP contribution < -0.4 is 0 Å². The van der Waals surface area contributed by atoms with Crippen molar-refractivity contribution in [3.05, 3.63) is 0 Å². The molecule has 0 fully saturated rings. The third kappa shape index (κ3) is 75.8. The Morgan fingerprint density at radius 1 is 0.667 bits per heavy atom. The summed E-state index contributed by atoms with van der Waals surface area (Å²) in [5.41, 5.74) is 0. The van der Waals surface area contributed by atoms with E-state index in [1.165, 1.54) is 44.9 Å². The maximum absolute atomic E-state index is 9.54. The van der Waals surface area contributed by atoms with E-state index >= 15 is 0 Å². The number of aliphatic hydroxyl groups excluding tert-OH is 1. The monoisotopic (exact) mass is 478 g/mol. The third-order valence-corrected chi connectivity index (χ3v) is 2.53. The first kappa shape index (κ1) is 33.2. The summed E-state index contributed by atoms with van der Waals surface area (Å²) in [5.74, 6) is 0. The molecule has 0 aliphatic heterocycles. The van der Waals surface area contributed by atoms with Crippen molar-refractivity contribution in [2.45, 2.75) is 77.7 Å². The summed E-state index contributed by atoms with van der Waals surface area (Å²) < 4.78 is 0. The normalized spacial score (nSPS) is 12.0. The molecular formula is C12H32O7P2S2Zn. The molecule has 0 saturated heterocycles. The molecule has 0 radical (unpaired) electrons. The maximum atomic E-state index is 9.54. The summed E-state index contributed by atoms with van der Waals surface area (Å²) >= 11 is 7.21. The van der Waals surface area contributed by atoms with Crippen LogP contribution in [0.25, 0.3) is 0 Å².